The van der Waals surface area contributed by atoms with E-state index in [9.17, 15) is 0 Å². The van der Waals surface area contributed by atoms with E-state index < -0.39 is 0 Å². The normalized spacial score (nSPS) is 10.9. The first-order valence-corrected chi connectivity index (χ1v) is 8.92. The highest BCUT2D eigenvalue weighted by molar-refractivity contribution is 14.0. The van der Waals surface area contributed by atoms with E-state index >= 15 is 0 Å². The second-order valence-electron chi connectivity index (χ2n) is 5.64. The number of benzene rings is 1. The molecule has 1 heterocycles. The van der Waals surface area contributed by atoms with Gasteiger partial charge in [0.05, 0.1) is 18.8 Å². The molecule has 0 amide bonds. The van der Waals surface area contributed by atoms with Crippen LogP contribution in [0.2, 0.25) is 0 Å². The van der Waals surface area contributed by atoms with Gasteiger partial charge in [0.25, 0.3) is 0 Å². The molecule has 0 bridgehead atoms. The van der Waals surface area contributed by atoms with Gasteiger partial charge in [-0.2, -0.15) is 0 Å². The highest BCUT2D eigenvalue weighted by Crippen LogP contribution is 1.99. The molecule has 0 aliphatic carbocycles. The number of nitrogens with zero attached hydrogens (tertiary/aromatic N) is 2. The Morgan fingerprint density at radius 1 is 1.04 bits per heavy atom. The summed E-state index contributed by atoms with van der Waals surface area (Å²) in [6, 6.07) is 16.3. The molecular formula is C20H29IN4O. The van der Waals surface area contributed by atoms with Gasteiger partial charge in [-0.25, -0.2) is 4.99 Å². The Hall–Kier alpha value is -1.67. The van der Waals surface area contributed by atoms with E-state index in [1.807, 2.05) is 24.3 Å². The summed E-state index contributed by atoms with van der Waals surface area (Å²) in [6.45, 7) is 5.81. The number of rotatable bonds is 10. The zero-order chi connectivity index (χ0) is 17.6. The number of aliphatic imine (C=N–C) groups is 1. The second kappa shape index (κ2) is 14.5. The molecular weight excluding hydrogens is 439 g/mol. The molecule has 0 radical (unpaired) electrons. The highest BCUT2D eigenvalue weighted by Gasteiger charge is 1.98. The Labute approximate surface area is 173 Å². The monoisotopic (exact) mass is 468 g/mol. The SMILES string of the molecule is CCNC(=NCc1ccccn1)NCCCOCCc1ccccc1.I. The van der Waals surface area contributed by atoms with Crippen LogP contribution in [-0.4, -0.2) is 37.2 Å². The van der Waals surface area contributed by atoms with Crippen molar-refractivity contribution in [2.75, 3.05) is 26.3 Å². The predicted molar refractivity (Wildman–Crippen MR) is 118 cm³/mol. The molecule has 0 atom stereocenters. The molecule has 26 heavy (non-hydrogen) atoms. The summed E-state index contributed by atoms with van der Waals surface area (Å²) in [4.78, 5) is 8.83. The van der Waals surface area contributed by atoms with Gasteiger partial charge >= 0.3 is 0 Å². The number of hydrogen-bond acceptors (Lipinski definition) is 3. The van der Waals surface area contributed by atoms with Crippen LogP contribution < -0.4 is 10.6 Å². The Balaban J connectivity index is 0.00000338. The summed E-state index contributed by atoms with van der Waals surface area (Å²) in [7, 11) is 0. The number of nitrogens with one attached hydrogen (secondary N) is 2. The standard InChI is InChI=1S/C20H28N4O.HI/c1-2-21-20(24-17-19-11-6-7-13-22-19)23-14-8-15-25-16-12-18-9-4-3-5-10-18;/h3-7,9-11,13H,2,8,12,14-17H2,1H3,(H2,21,23,24);1H. The summed E-state index contributed by atoms with van der Waals surface area (Å²) >= 11 is 0. The molecule has 0 fully saturated rings. The molecule has 142 valence electrons. The van der Waals surface area contributed by atoms with Crippen molar-refractivity contribution in [1.29, 1.82) is 0 Å². The number of ether oxygens (including phenoxy) is 1. The second-order valence-corrected chi connectivity index (χ2v) is 5.64. The minimum atomic E-state index is 0. The lowest BCUT2D eigenvalue weighted by atomic mass is 10.2. The third-order valence-corrected chi connectivity index (χ3v) is 3.61. The minimum absolute atomic E-state index is 0. The predicted octanol–water partition coefficient (Wildman–Crippen LogP) is 3.40. The van der Waals surface area contributed by atoms with Crippen LogP contribution in [0.25, 0.3) is 0 Å². The van der Waals surface area contributed by atoms with E-state index in [2.05, 4.69) is 51.8 Å². The number of hydrogen-bond donors (Lipinski definition) is 2. The van der Waals surface area contributed by atoms with Crippen LogP contribution in [0.15, 0.2) is 59.7 Å². The van der Waals surface area contributed by atoms with Crippen molar-refractivity contribution in [2.45, 2.75) is 26.3 Å². The van der Waals surface area contributed by atoms with Crippen LogP contribution in [0, 0.1) is 0 Å². The average molecular weight is 468 g/mol. The Morgan fingerprint density at radius 2 is 1.85 bits per heavy atom. The Morgan fingerprint density at radius 3 is 2.58 bits per heavy atom. The van der Waals surface area contributed by atoms with E-state index in [1.165, 1.54) is 5.56 Å². The Bertz CT molecular complexity index is 608. The summed E-state index contributed by atoms with van der Waals surface area (Å²) in [5, 5.41) is 6.58. The van der Waals surface area contributed by atoms with Crippen molar-refractivity contribution in [3.05, 3.63) is 66.0 Å². The topological polar surface area (TPSA) is 58.5 Å². The molecule has 1 aromatic carbocycles. The fourth-order valence-electron chi connectivity index (χ4n) is 2.31. The van der Waals surface area contributed by atoms with Gasteiger partial charge in [-0.3, -0.25) is 4.98 Å². The van der Waals surface area contributed by atoms with E-state index in [4.69, 9.17) is 4.74 Å². The molecule has 0 aliphatic rings. The lowest BCUT2D eigenvalue weighted by Gasteiger charge is -2.11. The lowest BCUT2D eigenvalue weighted by molar-refractivity contribution is 0.135. The zero-order valence-corrected chi connectivity index (χ0v) is 17.7. The van der Waals surface area contributed by atoms with Gasteiger partial charge in [-0.15, -0.1) is 24.0 Å². The molecule has 2 rings (SSSR count). The van der Waals surface area contributed by atoms with Gasteiger partial charge < -0.3 is 15.4 Å². The third-order valence-electron chi connectivity index (χ3n) is 3.61. The first-order valence-electron chi connectivity index (χ1n) is 8.92. The highest BCUT2D eigenvalue weighted by atomic mass is 127. The third kappa shape index (κ3) is 9.72. The van der Waals surface area contributed by atoms with Crippen LogP contribution in [0.1, 0.15) is 24.6 Å². The van der Waals surface area contributed by atoms with Crippen molar-refractivity contribution in [1.82, 2.24) is 15.6 Å². The molecule has 0 saturated carbocycles. The molecule has 5 nitrogen and oxygen atoms in total. The zero-order valence-electron chi connectivity index (χ0n) is 15.4. The number of pyridine rings is 1. The van der Waals surface area contributed by atoms with Gasteiger partial charge in [0, 0.05) is 25.9 Å². The van der Waals surface area contributed by atoms with Gasteiger partial charge in [-0.1, -0.05) is 36.4 Å². The van der Waals surface area contributed by atoms with Crippen molar-refractivity contribution < 1.29 is 4.74 Å². The van der Waals surface area contributed by atoms with Crippen LogP contribution in [0.4, 0.5) is 0 Å². The van der Waals surface area contributed by atoms with Gasteiger partial charge in [-0.05, 0) is 37.5 Å². The van der Waals surface area contributed by atoms with Gasteiger partial charge in [0.1, 0.15) is 0 Å². The average Bonchev–Trinajstić information content (AvgIpc) is 2.67. The molecule has 0 spiro atoms. The van der Waals surface area contributed by atoms with Crippen LogP contribution >= 0.6 is 24.0 Å². The summed E-state index contributed by atoms with van der Waals surface area (Å²) in [5.74, 6) is 0.817. The van der Waals surface area contributed by atoms with E-state index in [0.29, 0.717) is 6.54 Å². The van der Waals surface area contributed by atoms with Crippen LogP contribution in [0.5, 0.6) is 0 Å². The quantitative estimate of drug-likeness (QED) is 0.243. The summed E-state index contributed by atoms with van der Waals surface area (Å²) in [5.41, 5.74) is 2.28. The lowest BCUT2D eigenvalue weighted by Crippen LogP contribution is -2.38. The van der Waals surface area contributed by atoms with E-state index in [0.717, 1.165) is 50.8 Å². The van der Waals surface area contributed by atoms with Crippen LogP contribution in [0.3, 0.4) is 0 Å². The van der Waals surface area contributed by atoms with E-state index in [1.54, 1.807) is 6.20 Å². The maximum atomic E-state index is 5.70. The Kier molecular flexibility index (Phi) is 12.5. The summed E-state index contributed by atoms with van der Waals surface area (Å²) in [6.07, 6.45) is 3.70. The maximum absolute atomic E-state index is 5.70. The van der Waals surface area contributed by atoms with Crippen molar-refractivity contribution in [2.24, 2.45) is 4.99 Å². The fourth-order valence-corrected chi connectivity index (χ4v) is 2.31. The molecule has 0 aliphatic heterocycles. The minimum Gasteiger partial charge on any atom is -0.381 e. The number of aromatic nitrogens is 1. The number of halogens is 1. The van der Waals surface area contributed by atoms with Crippen molar-refractivity contribution >= 4 is 29.9 Å². The van der Waals surface area contributed by atoms with Crippen LogP contribution in [-0.2, 0) is 17.7 Å². The maximum Gasteiger partial charge on any atom is 0.191 e. The van der Waals surface area contributed by atoms with E-state index in [-0.39, 0.29) is 24.0 Å². The first-order chi connectivity index (χ1) is 12.4. The number of guanidine groups is 1. The first kappa shape index (κ1) is 22.4. The molecule has 1 aromatic heterocycles. The molecule has 6 heteroatoms. The molecule has 2 aromatic rings. The molecule has 0 unspecified atom stereocenters. The van der Waals surface area contributed by atoms with Gasteiger partial charge in [0.2, 0.25) is 0 Å². The fraction of sp³-hybridized carbons (Fsp3) is 0.400. The smallest absolute Gasteiger partial charge is 0.191 e. The molecule has 2 N–H and O–H groups in total. The molecule has 0 saturated heterocycles. The van der Waals surface area contributed by atoms with Crippen molar-refractivity contribution in [3.8, 4) is 0 Å². The largest absolute Gasteiger partial charge is 0.381 e. The van der Waals surface area contributed by atoms with Gasteiger partial charge in [0.15, 0.2) is 5.96 Å². The van der Waals surface area contributed by atoms with Crippen molar-refractivity contribution in [3.63, 3.8) is 0 Å². The summed E-state index contributed by atoms with van der Waals surface area (Å²) < 4.78 is 5.70.